The number of hydrogen-bond donors (Lipinski definition) is 1. The first-order valence-electron chi connectivity index (χ1n) is 6.35. The van der Waals surface area contributed by atoms with Gasteiger partial charge in [0, 0.05) is 10.9 Å². The molecule has 20 heavy (non-hydrogen) atoms. The Morgan fingerprint density at radius 1 is 1.00 bits per heavy atom. The quantitative estimate of drug-likeness (QED) is 0.732. The normalized spacial score (nSPS) is 10.9. The highest BCUT2D eigenvalue weighted by atomic mass is 19.1. The Morgan fingerprint density at radius 2 is 1.80 bits per heavy atom. The first-order valence-corrected chi connectivity index (χ1v) is 6.35. The van der Waals surface area contributed by atoms with E-state index in [0.29, 0.717) is 17.2 Å². The van der Waals surface area contributed by atoms with Crippen molar-refractivity contribution in [3.05, 3.63) is 53.3 Å². The van der Waals surface area contributed by atoms with Crippen LogP contribution in [0.1, 0.15) is 11.1 Å². The maximum atomic E-state index is 13.4. The highest BCUT2D eigenvalue weighted by Crippen LogP contribution is 2.26. The number of aromatic nitrogens is 2. The summed E-state index contributed by atoms with van der Waals surface area (Å²) in [6.07, 6.45) is 0. The lowest BCUT2D eigenvalue weighted by Crippen LogP contribution is -1.99. The lowest BCUT2D eigenvalue weighted by Gasteiger charge is -2.08. The largest absolute Gasteiger partial charge is 0.383 e. The summed E-state index contributed by atoms with van der Waals surface area (Å²) in [5, 5.41) is 0.822. The number of rotatable bonds is 1. The Kier molecular flexibility index (Phi) is 2.86. The van der Waals surface area contributed by atoms with E-state index in [9.17, 15) is 4.39 Å². The first-order chi connectivity index (χ1) is 9.54. The van der Waals surface area contributed by atoms with Crippen LogP contribution in [0.25, 0.3) is 22.3 Å². The van der Waals surface area contributed by atoms with Gasteiger partial charge in [-0.2, -0.15) is 0 Å². The molecule has 2 N–H and O–H groups in total. The highest BCUT2D eigenvalue weighted by molar-refractivity contribution is 5.90. The molecule has 0 radical (unpaired) electrons. The van der Waals surface area contributed by atoms with Crippen LogP contribution in [0.2, 0.25) is 0 Å². The van der Waals surface area contributed by atoms with Gasteiger partial charge in [0.25, 0.3) is 0 Å². The zero-order valence-corrected chi connectivity index (χ0v) is 11.3. The average molecular weight is 267 g/mol. The van der Waals surface area contributed by atoms with Gasteiger partial charge in [0.15, 0.2) is 5.82 Å². The molecule has 0 atom stereocenters. The van der Waals surface area contributed by atoms with Crippen molar-refractivity contribution < 1.29 is 4.39 Å². The van der Waals surface area contributed by atoms with E-state index in [2.05, 4.69) is 9.97 Å². The summed E-state index contributed by atoms with van der Waals surface area (Å²) in [5.41, 5.74) is 9.45. The molecule has 1 aromatic heterocycles. The smallest absolute Gasteiger partial charge is 0.162 e. The molecule has 0 saturated carbocycles. The molecule has 0 spiro atoms. The number of nitrogen functional groups attached to an aromatic ring is 1. The molecule has 0 unspecified atom stereocenters. The number of hydrogen-bond acceptors (Lipinski definition) is 3. The van der Waals surface area contributed by atoms with Crippen LogP contribution < -0.4 is 5.73 Å². The number of nitrogens with zero attached hydrogens (tertiary/aromatic N) is 2. The van der Waals surface area contributed by atoms with Crippen molar-refractivity contribution in [2.24, 2.45) is 0 Å². The minimum absolute atomic E-state index is 0.309. The molecule has 0 bridgehead atoms. The molecular formula is C16H14FN3. The Labute approximate surface area is 116 Å². The van der Waals surface area contributed by atoms with Crippen molar-refractivity contribution in [1.82, 2.24) is 9.97 Å². The molecule has 0 saturated heterocycles. The summed E-state index contributed by atoms with van der Waals surface area (Å²) < 4.78 is 13.4. The molecular weight excluding hydrogens is 253 g/mol. The molecule has 0 aliphatic heterocycles. The number of anilines is 1. The minimum Gasteiger partial charge on any atom is -0.383 e. The molecule has 3 aromatic rings. The third kappa shape index (κ3) is 2.09. The van der Waals surface area contributed by atoms with Crippen LogP contribution in [0.15, 0.2) is 36.4 Å². The summed E-state index contributed by atoms with van der Waals surface area (Å²) >= 11 is 0. The second-order valence-corrected chi connectivity index (χ2v) is 4.91. The van der Waals surface area contributed by atoms with Gasteiger partial charge in [-0.1, -0.05) is 17.7 Å². The van der Waals surface area contributed by atoms with Gasteiger partial charge in [-0.3, -0.25) is 0 Å². The lowest BCUT2D eigenvalue weighted by atomic mass is 10.1. The van der Waals surface area contributed by atoms with E-state index in [1.165, 1.54) is 12.1 Å². The zero-order valence-electron chi connectivity index (χ0n) is 11.3. The van der Waals surface area contributed by atoms with Gasteiger partial charge in [0.1, 0.15) is 11.6 Å². The minimum atomic E-state index is -0.309. The maximum Gasteiger partial charge on any atom is 0.162 e. The Hall–Kier alpha value is -2.49. The predicted molar refractivity (Wildman–Crippen MR) is 78.8 cm³/mol. The summed E-state index contributed by atoms with van der Waals surface area (Å²) in [7, 11) is 0. The van der Waals surface area contributed by atoms with E-state index in [4.69, 9.17) is 5.73 Å². The van der Waals surface area contributed by atoms with Crippen LogP contribution in [0.4, 0.5) is 10.2 Å². The summed E-state index contributed by atoms with van der Waals surface area (Å²) in [4.78, 5) is 8.81. The van der Waals surface area contributed by atoms with E-state index >= 15 is 0 Å². The van der Waals surface area contributed by atoms with E-state index in [1.807, 2.05) is 32.0 Å². The third-order valence-corrected chi connectivity index (χ3v) is 3.32. The number of halogens is 1. The first kappa shape index (κ1) is 12.5. The molecule has 1 heterocycles. The lowest BCUT2D eigenvalue weighted by molar-refractivity contribution is 0.628. The van der Waals surface area contributed by atoms with Gasteiger partial charge in [0.05, 0.1) is 5.52 Å². The maximum absolute atomic E-state index is 13.4. The molecule has 0 aliphatic rings. The van der Waals surface area contributed by atoms with Crippen LogP contribution in [-0.4, -0.2) is 9.97 Å². The monoisotopic (exact) mass is 267 g/mol. The van der Waals surface area contributed by atoms with Crippen molar-refractivity contribution in [2.75, 3.05) is 5.73 Å². The highest BCUT2D eigenvalue weighted by Gasteiger charge is 2.10. The van der Waals surface area contributed by atoms with Crippen LogP contribution in [0, 0.1) is 19.7 Å². The standard InChI is InChI=1S/C16H14FN3/c1-9-3-6-14-13(7-9)15(18)20-16(19-14)12-8-11(17)5-4-10(12)2/h3-8H,1-2H3,(H2,18,19,20). The van der Waals surface area contributed by atoms with Crippen molar-refractivity contribution >= 4 is 16.7 Å². The number of benzene rings is 2. The van der Waals surface area contributed by atoms with Gasteiger partial charge in [-0.15, -0.1) is 0 Å². The van der Waals surface area contributed by atoms with Crippen molar-refractivity contribution in [3.63, 3.8) is 0 Å². The van der Waals surface area contributed by atoms with Crippen LogP contribution in [0.5, 0.6) is 0 Å². The SMILES string of the molecule is Cc1ccc2nc(-c3cc(F)ccc3C)nc(N)c2c1. The van der Waals surface area contributed by atoms with Crippen molar-refractivity contribution in [1.29, 1.82) is 0 Å². The van der Waals surface area contributed by atoms with Crippen LogP contribution in [-0.2, 0) is 0 Å². The number of fused-ring (bicyclic) bond motifs is 1. The zero-order chi connectivity index (χ0) is 14.3. The molecule has 100 valence electrons. The second kappa shape index (κ2) is 4.56. The second-order valence-electron chi connectivity index (χ2n) is 4.91. The Bertz CT molecular complexity index is 812. The molecule has 3 rings (SSSR count). The Balaban J connectivity index is 2.27. The van der Waals surface area contributed by atoms with Gasteiger partial charge >= 0.3 is 0 Å². The van der Waals surface area contributed by atoms with Crippen molar-refractivity contribution in [3.8, 4) is 11.4 Å². The van der Waals surface area contributed by atoms with Gasteiger partial charge in [0.2, 0.25) is 0 Å². The van der Waals surface area contributed by atoms with Crippen LogP contribution >= 0.6 is 0 Å². The topological polar surface area (TPSA) is 51.8 Å². The average Bonchev–Trinajstić information content (AvgIpc) is 2.42. The molecule has 2 aromatic carbocycles. The number of aryl methyl sites for hydroxylation is 2. The van der Waals surface area contributed by atoms with Gasteiger partial charge in [-0.25, -0.2) is 14.4 Å². The van der Waals surface area contributed by atoms with Crippen LogP contribution in [0.3, 0.4) is 0 Å². The molecule has 0 amide bonds. The van der Waals surface area contributed by atoms with Gasteiger partial charge in [-0.05, 0) is 43.7 Å². The summed E-state index contributed by atoms with van der Waals surface area (Å²) in [6.45, 7) is 3.89. The number of nitrogens with two attached hydrogens (primary N) is 1. The summed E-state index contributed by atoms with van der Waals surface area (Å²) in [5.74, 6) is 0.560. The fourth-order valence-corrected chi connectivity index (χ4v) is 2.22. The molecule has 0 aliphatic carbocycles. The predicted octanol–water partition coefficient (Wildman–Crippen LogP) is 3.63. The molecule has 3 nitrogen and oxygen atoms in total. The van der Waals surface area contributed by atoms with Crippen molar-refractivity contribution in [2.45, 2.75) is 13.8 Å². The van der Waals surface area contributed by atoms with Gasteiger partial charge < -0.3 is 5.73 Å². The van der Waals surface area contributed by atoms with E-state index in [1.54, 1.807) is 6.07 Å². The van der Waals surface area contributed by atoms with E-state index < -0.39 is 0 Å². The van der Waals surface area contributed by atoms with E-state index in [-0.39, 0.29) is 5.82 Å². The molecule has 4 heteroatoms. The Morgan fingerprint density at radius 3 is 2.60 bits per heavy atom. The summed E-state index contributed by atoms with van der Waals surface area (Å²) in [6, 6.07) is 10.4. The third-order valence-electron chi connectivity index (χ3n) is 3.32. The fraction of sp³-hybridized carbons (Fsp3) is 0.125. The fourth-order valence-electron chi connectivity index (χ4n) is 2.22. The van der Waals surface area contributed by atoms with E-state index in [0.717, 1.165) is 22.0 Å². The molecule has 0 fully saturated rings.